The van der Waals surface area contributed by atoms with E-state index in [4.69, 9.17) is 33.2 Å². The molecule has 0 atom stereocenters. The number of carbonyl (C=O) groups excluding carboxylic acids is 1. The number of piperazine rings is 1. The summed E-state index contributed by atoms with van der Waals surface area (Å²) < 4.78 is 0. The number of hydrogen-bond donors (Lipinski definition) is 1. The van der Waals surface area contributed by atoms with Crippen molar-refractivity contribution in [2.45, 2.75) is 33.6 Å². The number of amides is 2. The number of nitrogens with one attached hydrogen (secondary N) is 1. The molecule has 1 fully saturated rings. The molecular formula is C26H29Cl2N5O. The Hall–Kier alpha value is -2.83. The van der Waals surface area contributed by atoms with Crippen LogP contribution in [0.15, 0.2) is 42.5 Å². The largest absolute Gasteiger partial charge is 0.353 e. The minimum atomic E-state index is -0.147. The van der Waals surface area contributed by atoms with Crippen LogP contribution in [0, 0.1) is 13.8 Å². The molecule has 1 aromatic heterocycles. The highest BCUT2D eigenvalue weighted by Crippen LogP contribution is 2.27. The highest BCUT2D eigenvalue weighted by molar-refractivity contribution is 6.42. The standard InChI is InChI=1S/C26H29Cl2N5O/c1-4-24-21(15-19-7-5-17(2)6-8-19)25(30-18(3)29-24)32-11-13-33(14-12-32)26(34)31-20-9-10-22(27)23(28)16-20/h5-10,16H,4,11-15H2,1-3H3,(H,31,34). The molecule has 178 valence electrons. The summed E-state index contributed by atoms with van der Waals surface area (Å²) in [6.45, 7) is 8.78. The Morgan fingerprint density at radius 1 is 0.971 bits per heavy atom. The summed E-state index contributed by atoms with van der Waals surface area (Å²) in [6.07, 6.45) is 1.64. The predicted molar refractivity (Wildman–Crippen MR) is 139 cm³/mol. The summed E-state index contributed by atoms with van der Waals surface area (Å²) in [5.41, 5.74) is 5.37. The Bertz CT molecular complexity index is 1170. The monoisotopic (exact) mass is 497 g/mol. The van der Waals surface area contributed by atoms with Gasteiger partial charge in [0.05, 0.1) is 10.0 Å². The van der Waals surface area contributed by atoms with Crippen molar-refractivity contribution in [1.29, 1.82) is 0 Å². The first kappa shape index (κ1) is 24.3. The van der Waals surface area contributed by atoms with Gasteiger partial charge >= 0.3 is 6.03 Å². The number of halogens is 2. The van der Waals surface area contributed by atoms with E-state index in [0.29, 0.717) is 41.9 Å². The van der Waals surface area contributed by atoms with Crippen LogP contribution in [0.25, 0.3) is 0 Å². The highest BCUT2D eigenvalue weighted by atomic mass is 35.5. The van der Waals surface area contributed by atoms with Crippen LogP contribution in [0.2, 0.25) is 10.0 Å². The number of hydrogen-bond acceptors (Lipinski definition) is 4. The fraction of sp³-hybridized carbons (Fsp3) is 0.346. The minimum Gasteiger partial charge on any atom is -0.353 e. The molecule has 0 aliphatic carbocycles. The van der Waals surface area contributed by atoms with Gasteiger partial charge in [0.1, 0.15) is 11.6 Å². The molecule has 3 aromatic rings. The van der Waals surface area contributed by atoms with Crippen LogP contribution in [-0.4, -0.2) is 47.1 Å². The van der Waals surface area contributed by atoms with Gasteiger partial charge in [-0.3, -0.25) is 0 Å². The summed E-state index contributed by atoms with van der Waals surface area (Å²) in [6, 6.07) is 13.6. The Morgan fingerprint density at radius 3 is 2.32 bits per heavy atom. The molecule has 6 nitrogen and oxygen atoms in total. The highest BCUT2D eigenvalue weighted by Gasteiger charge is 2.25. The summed E-state index contributed by atoms with van der Waals surface area (Å²) in [7, 11) is 0. The summed E-state index contributed by atoms with van der Waals surface area (Å²) >= 11 is 12.0. The first-order chi connectivity index (χ1) is 16.3. The average Bonchev–Trinajstić information content (AvgIpc) is 2.83. The van der Waals surface area contributed by atoms with Gasteiger partial charge in [0.25, 0.3) is 0 Å². The van der Waals surface area contributed by atoms with Crippen molar-refractivity contribution in [3.63, 3.8) is 0 Å². The fourth-order valence-electron chi connectivity index (χ4n) is 4.18. The van der Waals surface area contributed by atoms with Crippen LogP contribution >= 0.6 is 23.2 Å². The zero-order valence-electron chi connectivity index (χ0n) is 19.7. The maximum absolute atomic E-state index is 12.8. The molecule has 34 heavy (non-hydrogen) atoms. The van der Waals surface area contributed by atoms with E-state index < -0.39 is 0 Å². The third-order valence-electron chi connectivity index (χ3n) is 6.06. The Morgan fingerprint density at radius 2 is 1.68 bits per heavy atom. The van der Waals surface area contributed by atoms with Gasteiger partial charge in [-0.05, 0) is 44.0 Å². The van der Waals surface area contributed by atoms with E-state index in [1.54, 1.807) is 18.2 Å². The molecule has 1 aliphatic heterocycles. The number of carbonyl (C=O) groups is 1. The van der Waals surface area contributed by atoms with E-state index in [1.807, 2.05) is 11.8 Å². The van der Waals surface area contributed by atoms with Gasteiger partial charge in [0, 0.05) is 49.5 Å². The first-order valence-electron chi connectivity index (χ1n) is 11.5. The van der Waals surface area contributed by atoms with Gasteiger partial charge in [0.2, 0.25) is 0 Å². The Balaban J connectivity index is 1.48. The lowest BCUT2D eigenvalue weighted by Crippen LogP contribution is -2.50. The van der Waals surface area contributed by atoms with E-state index in [2.05, 4.69) is 48.3 Å². The quantitative estimate of drug-likeness (QED) is 0.475. The SMILES string of the molecule is CCc1nc(C)nc(N2CCN(C(=O)Nc3ccc(Cl)c(Cl)c3)CC2)c1Cc1ccc(C)cc1. The van der Waals surface area contributed by atoms with Gasteiger partial charge in [0.15, 0.2) is 0 Å². The molecule has 1 saturated heterocycles. The van der Waals surface area contributed by atoms with Crippen molar-refractivity contribution in [2.75, 3.05) is 36.4 Å². The number of aryl methyl sites for hydroxylation is 3. The molecule has 1 aliphatic rings. The van der Waals surface area contributed by atoms with Crippen LogP contribution in [0.1, 0.15) is 35.1 Å². The van der Waals surface area contributed by atoms with Crippen molar-refractivity contribution in [3.8, 4) is 0 Å². The van der Waals surface area contributed by atoms with Gasteiger partial charge in [-0.2, -0.15) is 0 Å². The normalized spacial score (nSPS) is 13.8. The first-order valence-corrected chi connectivity index (χ1v) is 12.3. The van der Waals surface area contributed by atoms with E-state index in [-0.39, 0.29) is 6.03 Å². The Labute approximate surface area is 210 Å². The third-order valence-corrected chi connectivity index (χ3v) is 6.80. The molecule has 0 radical (unpaired) electrons. The molecule has 2 amide bonds. The molecule has 0 bridgehead atoms. The average molecular weight is 498 g/mol. The molecular weight excluding hydrogens is 469 g/mol. The number of nitrogens with zero attached hydrogens (tertiary/aromatic N) is 4. The van der Waals surface area contributed by atoms with E-state index in [9.17, 15) is 4.79 Å². The second-order valence-corrected chi connectivity index (χ2v) is 9.38. The van der Waals surface area contributed by atoms with Gasteiger partial charge < -0.3 is 15.1 Å². The molecule has 4 rings (SSSR count). The van der Waals surface area contributed by atoms with E-state index >= 15 is 0 Å². The van der Waals surface area contributed by atoms with Crippen molar-refractivity contribution >= 4 is 40.7 Å². The minimum absolute atomic E-state index is 0.147. The van der Waals surface area contributed by atoms with Crippen molar-refractivity contribution in [3.05, 3.63) is 80.7 Å². The van der Waals surface area contributed by atoms with Gasteiger partial charge in [-0.25, -0.2) is 14.8 Å². The number of anilines is 2. The van der Waals surface area contributed by atoms with Crippen LogP contribution in [-0.2, 0) is 12.8 Å². The molecule has 2 aromatic carbocycles. The van der Waals surface area contributed by atoms with Crippen molar-refractivity contribution in [2.24, 2.45) is 0 Å². The molecule has 0 saturated carbocycles. The third kappa shape index (κ3) is 5.62. The zero-order valence-corrected chi connectivity index (χ0v) is 21.2. The lowest BCUT2D eigenvalue weighted by atomic mass is 10.0. The number of urea groups is 1. The van der Waals surface area contributed by atoms with Crippen molar-refractivity contribution < 1.29 is 4.79 Å². The van der Waals surface area contributed by atoms with Crippen LogP contribution in [0.5, 0.6) is 0 Å². The maximum atomic E-state index is 12.8. The fourth-order valence-corrected chi connectivity index (χ4v) is 4.48. The molecule has 2 heterocycles. The lowest BCUT2D eigenvalue weighted by molar-refractivity contribution is 0.208. The van der Waals surface area contributed by atoms with Gasteiger partial charge in [-0.1, -0.05) is 60.0 Å². The Kier molecular flexibility index (Phi) is 7.59. The molecule has 0 spiro atoms. The van der Waals surface area contributed by atoms with Crippen LogP contribution in [0.4, 0.5) is 16.3 Å². The lowest BCUT2D eigenvalue weighted by Gasteiger charge is -2.36. The number of aromatic nitrogens is 2. The number of rotatable bonds is 5. The molecule has 8 heteroatoms. The summed E-state index contributed by atoms with van der Waals surface area (Å²) in [4.78, 5) is 26.5. The molecule has 1 N–H and O–H groups in total. The second kappa shape index (κ2) is 10.6. The second-order valence-electron chi connectivity index (χ2n) is 8.57. The molecule has 0 unspecified atom stereocenters. The zero-order chi connectivity index (χ0) is 24.2. The summed E-state index contributed by atoms with van der Waals surface area (Å²) in [5.74, 6) is 1.76. The number of benzene rings is 2. The van der Waals surface area contributed by atoms with Crippen LogP contribution < -0.4 is 10.2 Å². The topological polar surface area (TPSA) is 61.4 Å². The maximum Gasteiger partial charge on any atom is 0.321 e. The predicted octanol–water partition coefficient (Wildman–Crippen LogP) is 5.91. The van der Waals surface area contributed by atoms with Crippen LogP contribution in [0.3, 0.4) is 0 Å². The van der Waals surface area contributed by atoms with E-state index in [1.165, 1.54) is 16.7 Å². The summed E-state index contributed by atoms with van der Waals surface area (Å²) in [5, 5.41) is 3.78. The van der Waals surface area contributed by atoms with Crippen molar-refractivity contribution in [1.82, 2.24) is 14.9 Å². The smallest absolute Gasteiger partial charge is 0.321 e. The van der Waals surface area contributed by atoms with E-state index in [0.717, 1.165) is 30.2 Å². The van der Waals surface area contributed by atoms with Gasteiger partial charge in [-0.15, -0.1) is 0 Å².